The maximum Gasteiger partial charge on any atom is 0.331 e. The number of benzene rings is 2. The third-order valence-electron chi connectivity index (χ3n) is 3.67. The zero-order valence-corrected chi connectivity index (χ0v) is 15.9. The number of methoxy groups -OCH3 is 3. The molecule has 0 radical (unpaired) electrons. The predicted octanol–water partition coefficient (Wildman–Crippen LogP) is 4.43. The van der Waals surface area contributed by atoms with Gasteiger partial charge in [-0.1, -0.05) is 23.2 Å². The first-order valence-electron chi connectivity index (χ1n) is 7.88. The largest absolute Gasteiger partial charge is 0.496 e. The van der Waals surface area contributed by atoms with Crippen molar-refractivity contribution in [1.29, 1.82) is 0 Å². The van der Waals surface area contributed by atoms with Gasteiger partial charge in [0.25, 0.3) is 0 Å². The molecule has 0 N–H and O–H groups in total. The van der Waals surface area contributed by atoms with Crippen molar-refractivity contribution in [3.63, 3.8) is 0 Å². The Kier molecular flexibility index (Phi) is 6.92. The Morgan fingerprint density at radius 2 is 1.77 bits per heavy atom. The van der Waals surface area contributed by atoms with Gasteiger partial charge in [0.05, 0.1) is 26.4 Å². The molecule has 2 rings (SSSR count). The summed E-state index contributed by atoms with van der Waals surface area (Å²) >= 11 is 6.15. The molecule has 0 aliphatic carbocycles. The summed E-state index contributed by atoms with van der Waals surface area (Å²) in [6.45, 7) is 2.09. The fourth-order valence-corrected chi connectivity index (χ4v) is 2.71. The van der Waals surface area contributed by atoms with Crippen LogP contribution in [0.4, 0.5) is 0 Å². The lowest BCUT2D eigenvalue weighted by Gasteiger charge is -2.10. The Labute approximate surface area is 158 Å². The van der Waals surface area contributed by atoms with Gasteiger partial charge in [-0.15, -0.1) is 0 Å². The van der Waals surface area contributed by atoms with Gasteiger partial charge in [0, 0.05) is 11.6 Å². The standard InChI is InChI=1S/C20H21ClO5/c1-13-5-7-17(23-2)15(9-13)12-26-19(22)8-6-14-10-16(21)20(25-4)18(11-14)24-3/h5-11H,12H2,1-4H3/b8-6+. The Balaban J connectivity index is 2.06. The number of esters is 1. The van der Waals surface area contributed by atoms with E-state index < -0.39 is 5.97 Å². The summed E-state index contributed by atoms with van der Waals surface area (Å²) in [4.78, 5) is 12.0. The molecule has 138 valence electrons. The average Bonchev–Trinajstić information content (AvgIpc) is 2.64. The van der Waals surface area contributed by atoms with Crippen LogP contribution in [0.3, 0.4) is 0 Å². The summed E-state index contributed by atoms with van der Waals surface area (Å²) < 4.78 is 21.0. The van der Waals surface area contributed by atoms with Crippen molar-refractivity contribution in [2.75, 3.05) is 21.3 Å². The molecule has 0 spiro atoms. The quantitative estimate of drug-likeness (QED) is 0.528. The average molecular weight is 377 g/mol. The van der Waals surface area contributed by atoms with Crippen molar-refractivity contribution in [3.05, 3.63) is 58.1 Å². The number of carbonyl (C=O) groups is 1. The van der Waals surface area contributed by atoms with Gasteiger partial charge in [0.1, 0.15) is 12.4 Å². The molecule has 0 aliphatic heterocycles. The highest BCUT2D eigenvalue weighted by Gasteiger charge is 2.10. The second-order valence-electron chi connectivity index (χ2n) is 5.49. The van der Waals surface area contributed by atoms with Gasteiger partial charge < -0.3 is 18.9 Å². The Hall–Kier alpha value is -2.66. The van der Waals surface area contributed by atoms with Crippen molar-refractivity contribution in [2.24, 2.45) is 0 Å². The molecule has 5 nitrogen and oxygen atoms in total. The van der Waals surface area contributed by atoms with E-state index in [9.17, 15) is 4.79 Å². The predicted molar refractivity (Wildman–Crippen MR) is 101 cm³/mol. The summed E-state index contributed by atoms with van der Waals surface area (Å²) in [6, 6.07) is 9.10. The van der Waals surface area contributed by atoms with Crippen LogP contribution in [0.1, 0.15) is 16.7 Å². The Bertz CT molecular complexity index is 814. The van der Waals surface area contributed by atoms with E-state index in [1.54, 1.807) is 25.3 Å². The first-order valence-corrected chi connectivity index (χ1v) is 8.26. The second-order valence-corrected chi connectivity index (χ2v) is 5.90. The number of hydrogen-bond acceptors (Lipinski definition) is 5. The Morgan fingerprint density at radius 3 is 2.42 bits per heavy atom. The molecule has 0 bridgehead atoms. The molecule has 0 heterocycles. The van der Waals surface area contributed by atoms with Crippen molar-refractivity contribution in [1.82, 2.24) is 0 Å². The fourth-order valence-electron chi connectivity index (χ4n) is 2.42. The van der Waals surface area contributed by atoms with Crippen LogP contribution in [-0.2, 0) is 16.1 Å². The van der Waals surface area contributed by atoms with Gasteiger partial charge in [-0.25, -0.2) is 4.79 Å². The maximum absolute atomic E-state index is 12.0. The first-order chi connectivity index (χ1) is 12.5. The normalized spacial score (nSPS) is 10.7. The van der Waals surface area contributed by atoms with Crippen LogP contribution in [0.25, 0.3) is 6.08 Å². The third kappa shape index (κ3) is 4.92. The first kappa shape index (κ1) is 19.7. The van der Waals surface area contributed by atoms with E-state index >= 15 is 0 Å². The molecular weight excluding hydrogens is 356 g/mol. The van der Waals surface area contributed by atoms with Gasteiger partial charge in [0.15, 0.2) is 11.5 Å². The van der Waals surface area contributed by atoms with Gasteiger partial charge in [-0.2, -0.15) is 0 Å². The number of hydrogen-bond donors (Lipinski definition) is 0. The Morgan fingerprint density at radius 1 is 1.04 bits per heavy atom. The number of ether oxygens (including phenoxy) is 4. The van der Waals surface area contributed by atoms with Crippen molar-refractivity contribution >= 4 is 23.6 Å². The van der Waals surface area contributed by atoms with E-state index in [1.165, 1.54) is 20.3 Å². The number of halogens is 1. The summed E-state index contributed by atoms with van der Waals surface area (Å²) in [5, 5.41) is 0.393. The molecule has 2 aromatic rings. The minimum Gasteiger partial charge on any atom is -0.496 e. The van der Waals surface area contributed by atoms with E-state index in [0.29, 0.717) is 27.8 Å². The molecular formula is C20H21ClO5. The monoisotopic (exact) mass is 376 g/mol. The lowest BCUT2D eigenvalue weighted by atomic mass is 10.1. The van der Waals surface area contributed by atoms with E-state index in [0.717, 1.165) is 11.1 Å². The number of carbonyl (C=O) groups excluding carboxylic acids is 1. The molecule has 0 fully saturated rings. The lowest BCUT2D eigenvalue weighted by molar-refractivity contribution is -0.138. The fraction of sp³-hybridized carbons (Fsp3) is 0.250. The van der Waals surface area contributed by atoms with Crippen LogP contribution >= 0.6 is 11.6 Å². The van der Waals surface area contributed by atoms with Gasteiger partial charge >= 0.3 is 5.97 Å². The lowest BCUT2D eigenvalue weighted by Crippen LogP contribution is -2.02. The van der Waals surface area contributed by atoms with Crippen molar-refractivity contribution in [2.45, 2.75) is 13.5 Å². The third-order valence-corrected chi connectivity index (χ3v) is 3.95. The summed E-state index contributed by atoms with van der Waals surface area (Å²) in [7, 11) is 4.61. The zero-order chi connectivity index (χ0) is 19.1. The van der Waals surface area contributed by atoms with E-state index in [4.69, 9.17) is 30.5 Å². The number of aryl methyl sites for hydroxylation is 1. The second kappa shape index (κ2) is 9.15. The van der Waals surface area contributed by atoms with E-state index in [2.05, 4.69) is 0 Å². The van der Waals surface area contributed by atoms with Gasteiger partial charge in [0.2, 0.25) is 0 Å². The SMILES string of the molecule is COc1ccc(C)cc1COC(=O)/C=C/c1cc(Cl)c(OC)c(OC)c1. The van der Waals surface area contributed by atoms with Crippen LogP contribution in [0.5, 0.6) is 17.2 Å². The molecule has 0 saturated carbocycles. The smallest absolute Gasteiger partial charge is 0.331 e. The topological polar surface area (TPSA) is 54.0 Å². The number of rotatable bonds is 7. The van der Waals surface area contributed by atoms with Crippen LogP contribution in [0, 0.1) is 6.92 Å². The summed E-state index contributed by atoms with van der Waals surface area (Å²) in [6.07, 6.45) is 2.93. The molecule has 2 aromatic carbocycles. The highest BCUT2D eigenvalue weighted by molar-refractivity contribution is 6.32. The van der Waals surface area contributed by atoms with Gasteiger partial charge in [-0.05, 0) is 42.8 Å². The molecule has 0 aromatic heterocycles. The minimum atomic E-state index is -0.473. The minimum absolute atomic E-state index is 0.126. The van der Waals surface area contributed by atoms with Crippen molar-refractivity contribution < 1.29 is 23.7 Å². The highest BCUT2D eigenvalue weighted by atomic mass is 35.5. The van der Waals surface area contributed by atoms with Crippen LogP contribution in [0.15, 0.2) is 36.4 Å². The maximum atomic E-state index is 12.0. The van der Waals surface area contributed by atoms with Gasteiger partial charge in [-0.3, -0.25) is 0 Å². The van der Waals surface area contributed by atoms with E-state index in [1.807, 2.05) is 25.1 Å². The van der Waals surface area contributed by atoms with E-state index in [-0.39, 0.29) is 6.61 Å². The summed E-state index contributed by atoms with van der Waals surface area (Å²) in [5.41, 5.74) is 2.56. The molecule has 0 saturated heterocycles. The summed E-state index contributed by atoms with van der Waals surface area (Å²) in [5.74, 6) is 1.14. The molecule has 6 heteroatoms. The van der Waals surface area contributed by atoms with Crippen LogP contribution < -0.4 is 14.2 Å². The molecule has 26 heavy (non-hydrogen) atoms. The molecule has 0 unspecified atom stereocenters. The zero-order valence-electron chi connectivity index (χ0n) is 15.2. The van der Waals surface area contributed by atoms with Crippen molar-refractivity contribution in [3.8, 4) is 17.2 Å². The molecule has 0 aliphatic rings. The highest BCUT2D eigenvalue weighted by Crippen LogP contribution is 2.36. The molecule has 0 atom stereocenters. The van der Waals surface area contributed by atoms with Crippen LogP contribution in [-0.4, -0.2) is 27.3 Å². The molecule has 0 amide bonds. The van der Waals surface area contributed by atoms with Crippen LogP contribution in [0.2, 0.25) is 5.02 Å².